The van der Waals surface area contributed by atoms with E-state index in [1.807, 2.05) is 55.5 Å². The maximum atomic E-state index is 12.8. The summed E-state index contributed by atoms with van der Waals surface area (Å²) in [5.74, 6) is 0.869. The highest BCUT2D eigenvalue weighted by Gasteiger charge is 2.26. The maximum absolute atomic E-state index is 12.8. The van der Waals surface area contributed by atoms with E-state index in [2.05, 4.69) is 26.9 Å². The number of hydrogen-bond donors (Lipinski definition) is 0. The summed E-state index contributed by atoms with van der Waals surface area (Å²) in [5, 5.41) is 8.94. The molecule has 26 heavy (non-hydrogen) atoms. The van der Waals surface area contributed by atoms with E-state index in [0.717, 1.165) is 16.5 Å². The Hall–Kier alpha value is -2.60. The maximum Gasteiger partial charge on any atom is 0.240 e. The van der Waals surface area contributed by atoms with Crippen LogP contribution in [0.1, 0.15) is 22.2 Å². The summed E-state index contributed by atoms with van der Waals surface area (Å²) in [6.07, 6.45) is 0. The highest BCUT2D eigenvalue weighted by molar-refractivity contribution is 8.00. The van der Waals surface area contributed by atoms with E-state index in [1.54, 1.807) is 19.0 Å². The Kier molecular flexibility index (Phi) is 5.73. The molecule has 2 aromatic carbocycles. The van der Waals surface area contributed by atoms with Crippen LogP contribution in [-0.4, -0.2) is 39.7 Å². The van der Waals surface area contributed by atoms with Crippen LogP contribution in [-0.2, 0) is 11.3 Å². The third-order valence-corrected chi connectivity index (χ3v) is 5.30. The van der Waals surface area contributed by atoms with Crippen molar-refractivity contribution in [1.82, 2.24) is 19.7 Å². The molecule has 0 N–H and O–H groups in total. The van der Waals surface area contributed by atoms with Gasteiger partial charge in [-0.15, -0.1) is 10.2 Å². The predicted molar refractivity (Wildman–Crippen MR) is 104 cm³/mol. The minimum atomic E-state index is -0.357. The van der Waals surface area contributed by atoms with Crippen LogP contribution in [0.15, 0.2) is 65.8 Å². The lowest BCUT2D eigenvalue weighted by atomic mass is 10.1. The Bertz CT molecular complexity index is 862. The highest BCUT2D eigenvalue weighted by atomic mass is 32.2. The average Bonchev–Trinajstić information content (AvgIpc) is 3.00. The second kappa shape index (κ2) is 8.19. The van der Waals surface area contributed by atoms with Crippen LogP contribution < -0.4 is 0 Å². The summed E-state index contributed by atoms with van der Waals surface area (Å²) in [6, 6.07) is 20.0. The second-order valence-corrected chi connectivity index (χ2v) is 7.32. The molecule has 0 saturated heterocycles. The number of aromatic nitrogens is 3. The fourth-order valence-electron chi connectivity index (χ4n) is 2.63. The number of rotatable bonds is 6. The number of carbonyl (C=O) groups excluding carboxylic acids is 1. The molecule has 0 aliphatic heterocycles. The van der Waals surface area contributed by atoms with Crippen molar-refractivity contribution >= 4 is 17.7 Å². The van der Waals surface area contributed by atoms with E-state index in [9.17, 15) is 4.79 Å². The largest absolute Gasteiger partial charge is 0.348 e. The minimum Gasteiger partial charge on any atom is -0.348 e. The van der Waals surface area contributed by atoms with Gasteiger partial charge in [-0.1, -0.05) is 72.4 Å². The molecule has 5 nitrogen and oxygen atoms in total. The van der Waals surface area contributed by atoms with Crippen molar-refractivity contribution in [1.29, 1.82) is 0 Å². The van der Waals surface area contributed by atoms with Crippen molar-refractivity contribution in [2.45, 2.75) is 23.9 Å². The molecule has 0 unspecified atom stereocenters. The van der Waals surface area contributed by atoms with Crippen LogP contribution in [0.5, 0.6) is 0 Å². The van der Waals surface area contributed by atoms with Gasteiger partial charge in [-0.3, -0.25) is 4.79 Å². The number of carbonyl (C=O) groups is 1. The molecular weight excluding hydrogens is 344 g/mol. The molecule has 0 radical (unpaired) electrons. The Morgan fingerprint density at radius 2 is 1.65 bits per heavy atom. The van der Waals surface area contributed by atoms with Crippen LogP contribution in [0.25, 0.3) is 0 Å². The summed E-state index contributed by atoms with van der Waals surface area (Å²) in [6.45, 7) is 2.62. The Morgan fingerprint density at radius 3 is 2.27 bits per heavy atom. The molecule has 1 heterocycles. The first-order chi connectivity index (χ1) is 12.6. The first-order valence-electron chi connectivity index (χ1n) is 8.42. The van der Waals surface area contributed by atoms with Crippen molar-refractivity contribution in [2.75, 3.05) is 14.1 Å². The number of hydrogen-bond acceptors (Lipinski definition) is 4. The van der Waals surface area contributed by atoms with Gasteiger partial charge >= 0.3 is 0 Å². The van der Waals surface area contributed by atoms with E-state index in [-0.39, 0.29) is 11.2 Å². The topological polar surface area (TPSA) is 51.0 Å². The average molecular weight is 366 g/mol. The molecule has 6 heteroatoms. The van der Waals surface area contributed by atoms with Gasteiger partial charge in [-0.05, 0) is 18.1 Å². The quantitative estimate of drug-likeness (QED) is 0.626. The van der Waals surface area contributed by atoms with E-state index in [4.69, 9.17) is 0 Å². The molecule has 0 bridgehead atoms. The van der Waals surface area contributed by atoms with E-state index < -0.39 is 0 Å². The summed E-state index contributed by atoms with van der Waals surface area (Å²) in [4.78, 5) is 14.4. The van der Waals surface area contributed by atoms with Crippen LogP contribution in [0.3, 0.4) is 0 Å². The molecule has 1 atom stereocenters. The predicted octanol–water partition coefficient (Wildman–Crippen LogP) is 3.56. The zero-order valence-corrected chi connectivity index (χ0v) is 16.0. The Balaban J connectivity index is 1.91. The molecule has 0 saturated carbocycles. The van der Waals surface area contributed by atoms with Crippen molar-refractivity contribution in [2.24, 2.45) is 0 Å². The summed E-state index contributed by atoms with van der Waals surface area (Å²) in [7, 11) is 3.55. The Morgan fingerprint density at radius 1 is 1.04 bits per heavy atom. The standard InChI is InChI=1S/C20H22N4OS/c1-15-21-22-20(24(15)14-16-10-6-4-7-11-16)26-18(19(25)23(2)3)17-12-8-5-9-13-17/h4-13,18H,14H2,1-3H3/t18-/m1/s1. The molecule has 0 aliphatic rings. The fourth-order valence-corrected chi connectivity index (χ4v) is 3.85. The first kappa shape index (κ1) is 18.2. The van der Waals surface area contributed by atoms with Crippen LogP contribution >= 0.6 is 11.8 Å². The smallest absolute Gasteiger partial charge is 0.240 e. The van der Waals surface area contributed by atoms with Crippen LogP contribution in [0.2, 0.25) is 0 Å². The van der Waals surface area contributed by atoms with Gasteiger partial charge in [0.25, 0.3) is 0 Å². The molecule has 134 valence electrons. The monoisotopic (exact) mass is 366 g/mol. The number of amides is 1. The van der Waals surface area contributed by atoms with E-state index in [0.29, 0.717) is 6.54 Å². The lowest BCUT2D eigenvalue weighted by molar-refractivity contribution is -0.128. The Labute approximate surface area is 158 Å². The van der Waals surface area contributed by atoms with Gasteiger partial charge in [-0.25, -0.2) is 0 Å². The van der Waals surface area contributed by atoms with Crippen molar-refractivity contribution in [3.8, 4) is 0 Å². The molecule has 0 aliphatic carbocycles. The number of likely N-dealkylation sites (N-methyl/N-ethyl adjacent to an activating group) is 1. The van der Waals surface area contributed by atoms with Gasteiger partial charge in [0, 0.05) is 14.1 Å². The molecule has 3 aromatic rings. The van der Waals surface area contributed by atoms with Gasteiger partial charge < -0.3 is 9.47 Å². The van der Waals surface area contributed by atoms with Gasteiger partial charge in [0.15, 0.2) is 5.16 Å². The third-order valence-electron chi connectivity index (χ3n) is 4.08. The zero-order chi connectivity index (χ0) is 18.5. The normalized spacial score (nSPS) is 12.0. The first-order valence-corrected chi connectivity index (χ1v) is 9.30. The van der Waals surface area contributed by atoms with Crippen molar-refractivity contribution in [3.63, 3.8) is 0 Å². The third kappa shape index (κ3) is 4.14. The van der Waals surface area contributed by atoms with Crippen LogP contribution in [0.4, 0.5) is 0 Å². The fraction of sp³-hybridized carbons (Fsp3) is 0.250. The highest BCUT2D eigenvalue weighted by Crippen LogP contribution is 2.36. The summed E-state index contributed by atoms with van der Waals surface area (Å²) >= 11 is 1.44. The minimum absolute atomic E-state index is 0.0353. The summed E-state index contributed by atoms with van der Waals surface area (Å²) < 4.78 is 2.05. The van der Waals surface area contributed by atoms with E-state index >= 15 is 0 Å². The van der Waals surface area contributed by atoms with Gasteiger partial charge in [0.1, 0.15) is 11.1 Å². The lowest BCUT2D eigenvalue weighted by Crippen LogP contribution is -2.27. The molecule has 1 amide bonds. The summed E-state index contributed by atoms with van der Waals surface area (Å²) in [5.41, 5.74) is 2.13. The van der Waals surface area contributed by atoms with E-state index in [1.165, 1.54) is 17.3 Å². The van der Waals surface area contributed by atoms with Gasteiger partial charge in [0.05, 0.1) is 6.54 Å². The number of benzene rings is 2. The van der Waals surface area contributed by atoms with Crippen molar-refractivity contribution < 1.29 is 4.79 Å². The number of aryl methyl sites for hydroxylation is 1. The number of thioether (sulfide) groups is 1. The van der Waals surface area contributed by atoms with Crippen LogP contribution in [0, 0.1) is 6.92 Å². The molecule has 3 rings (SSSR count). The van der Waals surface area contributed by atoms with Gasteiger partial charge in [0.2, 0.25) is 5.91 Å². The molecule has 1 aromatic heterocycles. The SMILES string of the molecule is Cc1nnc(S[C@@H](C(=O)N(C)C)c2ccccc2)n1Cc1ccccc1. The van der Waals surface area contributed by atoms with Crippen molar-refractivity contribution in [3.05, 3.63) is 77.6 Å². The second-order valence-electron chi connectivity index (χ2n) is 6.24. The van der Waals surface area contributed by atoms with Gasteiger partial charge in [-0.2, -0.15) is 0 Å². The lowest BCUT2D eigenvalue weighted by Gasteiger charge is -2.20. The molecular formula is C20H22N4OS. The molecule has 0 spiro atoms. The zero-order valence-electron chi connectivity index (χ0n) is 15.2. The number of nitrogens with zero attached hydrogens (tertiary/aromatic N) is 4. The molecule has 0 fully saturated rings.